The average Bonchev–Trinajstić information content (AvgIpc) is 2.70. The predicted octanol–water partition coefficient (Wildman–Crippen LogP) is 0.974. The van der Waals surface area contributed by atoms with Crippen LogP contribution in [-0.4, -0.2) is 43.0 Å². The molecule has 2 aliphatic heterocycles. The van der Waals surface area contributed by atoms with E-state index in [1.807, 2.05) is 12.1 Å². The van der Waals surface area contributed by atoms with Crippen molar-refractivity contribution in [2.24, 2.45) is 0 Å². The molecule has 1 aromatic carbocycles. The standard InChI is InChI=1S/C15H18N2O3/c18-14-10-17(7-2-6-16-14)15(19)12-4-5-13-11(9-12)3-1-8-20-13/h4-5,9H,1-3,6-8,10H2,(H,16,18). The molecule has 106 valence electrons. The minimum absolute atomic E-state index is 0.0737. The maximum absolute atomic E-state index is 12.5. The maximum atomic E-state index is 12.5. The van der Waals surface area contributed by atoms with Gasteiger partial charge in [-0.2, -0.15) is 0 Å². The largest absolute Gasteiger partial charge is 0.493 e. The molecule has 0 bridgehead atoms. The number of rotatable bonds is 1. The number of benzene rings is 1. The molecule has 3 rings (SSSR count). The summed E-state index contributed by atoms with van der Waals surface area (Å²) in [4.78, 5) is 25.6. The lowest BCUT2D eigenvalue weighted by molar-refractivity contribution is -0.121. The number of carbonyl (C=O) groups excluding carboxylic acids is 2. The first-order valence-electron chi connectivity index (χ1n) is 7.06. The van der Waals surface area contributed by atoms with E-state index in [1.54, 1.807) is 11.0 Å². The van der Waals surface area contributed by atoms with Crippen molar-refractivity contribution in [2.75, 3.05) is 26.2 Å². The normalized spacial score (nSPS) is 18.6. The summed E-state index contributed by atoms with van der Waals surface area (Å²) in [6.07, 6.45) is 2.72. The van der Waals surface area contributed by atoms with E-state index in [0.717, 1.165) is 37.2 Å². The molecule has 20 heavy (non-hydrogen) atoms. The Balaban J connectivity index is 1.80. The van der Waals surface area contributed by atoms with E-state index < -0.39 is 0 Å². The van der Waals surface area contributed by atoms with Crippen LogP contribution < -0.4 is 10.1 Å². The van der Waals surface area contributed by atoms with Crippen molar-refractivity contribution in [1.82, 2.24) is 10.2 Å². The average molecular weight is 274 g/mol. The van der Waals surface area contributed by atoms with E-state index in [-0.39, 0.29) is 18.4 Å². The zero-order valence-electron chi connectivity index (χ0n) is 11.4. The molecule has 0 saturated carbocycles. The van der Waals surface area contributed by atoms with Gasteiger partial charge in [0.1, 0.15) is 5.75 Å². The smallest absolute Gasteiger partial charge is 0.254 e. The van der Waals surface area contributed by atoms with Gasteiger partial charge in [0.2, 0.25) is 5.91 Å². The second-order valence-electron chi connectivity index (χ2n) is 5.20. The molecule has 2 aliphatic rings. The van der Waals surface area contributed by atoms with E-state index in [9.17, 15) is 9.59 Å². The minimum Gasteiger partial charge on any atom is -0.493 e. The molecule has 2 amide bonds. The first-order chi connectivity index (χ1) is 9.74. The zero-order chi connectivity index (χ0) is 13.9. The SMILES string of the molecule is O=C1CN(C(=O)c2ccc3c(c2)CCCO3)CCCN1. The van der Waals surface area contributed by atoms with Crippen LogP contribution in [0.25, 0.3) is 0 Å². The Kier molecular flexibility index (Phi) is 3.58. The number of hydrogen-bond acceptors (Lipinski definition) is 3. The number of hydrogen-bond donors (Lipinski definition) is 1. The summed E-state index contributed by atoms with van der Waals surface area (Å²) in [6, 6.07) is 5.55. The molecule has 0 spiro atoms. The highest BCUT2D eigenvalue weighted by Gasteiger charge is 2.22. The third-order valence-electron chi connectivity index (χ3n) is 3.70. The second kappa shape index (κ2) is 5.53. The van der Waals surface area contributed by atoms with Crippen LogP contribution >= 0.6 is 0 Å². The zero-order valence-corrected chi connectivity index (χ0v) is 11.4. The molecule has 1 aromatic rings. The van der Waals surface area contributed by atoms with Crippen molar-refractivity contribution < 1.29 is 14.3 Å². The molecule has 5 nitrogen and oxygen atoms in total. The molecule has 1 N–H and O–H groups in total. The lowest BCUT2D eigenvalue weighted by atomic mass is 10.0. The van der Waals surface area contributed by atoms with E-state index >= 15 is 0 Å². The molecule has 0 atom stereocenters. The Morgan fingerprint density at radius 3 is 3.10 bits per heavy atom. The van der Waals surface area contributed by atoms with Gasteiger partial charge < -0.3 is 15.0 Å². The van der Waals surface area contributed by atoms with Crippen molar-refractivity contribution >= 4 is 11.8 Å². The summed E-state index contributed by atoms with van der Waals surface area (Å²) in [5, 5.41) is 2.78. The highest BCUT2D eigenvalue weighted by molar-refractivity contribution is 5.97. The van der Waals surface area contributed by atoms with Gasteiger partial charge in [0.25, 0.3) is 5.91 Å². The maximum Gasteiger partial charge on any atom is 0.254 e. The van der Waals surface area contributed by atoms with Gasteiger partial charge in [-0.15, -0.1) is 0 Å². The number of aryl methyl sites for hydroxylation is 1. The number of nitrogens with zero attached hydrogens (tertiary/aromatic N) is 1. The molecule has 0 radical (unpaired) electrons. The number of fused-ring (bicyclic) bond motifs is 1. The third-order valence-corrected chi connectivity index (χ3v) is 3.70. The summed E-state index contributed by atoms with van der Waals surface area (Å²) in [6.45, 7) is 2.14. The monoisotopic (exact) mass is 274 g/mol. The summed E-state index contributed by atoms with van der Waals surface area (Å²) in [7, 11) is 0. The minimum atomic E-state index is -0.0860. The molecule has 1 fully saturated rings. The summed E-state index contributed by atoms with van der Waals surface area (Å²) < 4.78 is 5.55. The number of carbonyl (C=O) groups is 2. The first kappa shape index (κ1) is 13.0. The molecule has 0 aromatic heterocycles. The van der Waals surface area contributed by atoms with Crippen molar-refractivity contribution in [1.29, 1.82) is 0 Å². The fraction of sp³-hybridized carbons (Fsp3) is 0.467. The molecule has 1 saturated heterocycles. The molecular formula is C15H18N2O3. The van der Waals surface area contributed by atoms with Gasteiger partial charge >= 0.3 is 0 Å². The molecule has 5 heteroatoms. The number of amides is 2. The van der Waals surface area contributed by atoms with Crippen molar-refractivity contribution in [3.8, 4) is 5.75 Å². The van der Waals surface area contributed by atoms with E-state index in [0.29, 0.717) is 18.7 Å². The van der Waals surface area contributed by atoms with E-state index in [2.05, 4.69) is 5.32 Å². The van der Waals surface area contributed by atoms with Crippen molar-refractivity contribution in [2.45, 2.75) is 19.3 Å². The van der Waals surface area contributed by atoms with Crippen LogP contribution in [-0.2, 0) is 11.2 Å². The third kappa shape index (κ3) is 2.61. The van der Waals surface area contributed by atoms with Crippen LogP contribution in [0.3, 0.4) is 0 Å². The van der Waals surface area contributed by atoms with Crippen LogP contribution in [0.2, 0.25) is 0 Å². The summed E-state index contributed by atoms with van der Waals surface area (Å²) >= 11 is 0. The first-order valence-corrected chi connectivity index (χ1v) is 7.06. The Bertz CT molecular complexity index is 542. The van der Waals surface area contributed by atoms with Crippen LogP contribution in [0.4, 0.5) is 0 Å². The second-order valence-corrected chi connectivity index (χ2v) is 5.20. The molecule has 0 aliphatic carbocycles. The number of nitrogens with one attached hydrogen (secondary N) is 1. The highest BCUT2D eigenvalue weighted by Crippen LogP contribution is 2.26. The summed E-state index contributed by atoms with van der Waals surface area (Å²) in [5.74, 6) is 0.717. The van der Waals surface area contributed by atoms with Gasteiger partial charge in [0.15, 0.2) is 0 Å². The van der Waals surface area contributed by atoms with Gasteiger partial charge in [0, 0.05) is 18.7 Å². The summed E-state index contributed by atoms with van der Waals surface area (Å²) in [5.41, 5.74) is 1.73. The topological polar surface area (TPSA) is 58.6 Å². The Morgan fingerprint density at radius 1 is 1.30 bits per heavy atom. The fourth-order valence-electron chi connectivity index (χ4n) is 2.66. The van der Waals surface area contributed by atoms with E-state index in [4.69, 9.17) is 4.74 Å². The van der Waals surface area contributed by atoms with Gasteiger partial charge in [0.05, 0.1) is 13.2 Å². The number of ether oxygens (including phenoxy) is 1. The fourth-order valence-corrected chi connectivity index (χ4v) is 2.66. The van der Waals surface area contributed by atoms with Gasteiger partial charge in [-0.05, 0) is 43.0 Å². The molecule has 0 unspecified atom stereocenters. The van der Waals surface area contributed by atoms with Crippen molar-refractivity contribution in [3.05, 3.63) is 29.3 Å². The van der Waals surface area contributed by atoms with Gasteiger partial charge in [-0.25, -0.2) is 0 Å². The van der Waals surface area contributed by atoms with E-state index in [1.165, 1.54) is 0 Å². The lowest BCUT2D eigenvalue weighted by Crippen LogP contribution is -2.37. The Labute approximate surface area is 117 Å². The Morgan fingerprint density at radius 2 is 2.20 bits per heavy atom. The Hall–Kier alpha value is -2.04. The van der Waals surface area contributed by atoms with Crippen LogP contribution in [0.15, 0.2) is 18.2 Å². The highest BCUT2D eigenvalue weighted by atomic mass is 16.5. The van der Waals surface area contributed by atoms with Crippen LogP contribution in [0, 0.1) is 0 Å². The predicted molar refractivity (Wildman–Crippen MR) is 73.8 cm³/mol. The quantitative estimate of drug-likeness (QED) is 0.830. The van der Waals surface area contributed by atoms with Crippen LogP contribution in [0.1, 0.15) is 28.8 Å². The molecular weight excluding hydrogens is 256 g/mol. The van der Waals surface area contributed by atoms with Gasteiger partial charge in [-0.1, -0.05) is 0 Å². The van der Waals surface area contributed by atoms with Gasteiger partial charge in [-0.3, -0.25) is 9.59 Å². The molecule has 2 heterocycles. The lowest BCUT2D eigenvalue weighted by Gasteiger charge is -2.21. The van der Waals surface area contributed by atoms with Crippen molar-refractivity contribution in [3.63, 3.8) is 0 Å². The van der Waals surface area contributed by atoms with Crippen LogP contribution in [0.5, 0.6) is 5.75 Å².